The summed E-state index contributed by atoms with van der Waals surface area (Å²) < 4.78 is 1.59. The minimum Gasteiger partial charge on any atom is -0.353 e. The van der Waals surface area contributed by atoms with Gasteiger partial charge in [0.05, 0.1) is 4.92 Å². The quantitative estimate of drug-likeness (QED) is 0.655. The molecule has 19 heavy (non-hydrogen) atoms. The predicted molar refractivity (Wildman–Crippen MR) is 73.5 cm³/mol. The zero-order valence-electron chi connectivity index (χ0n) is 11.7. The molecule has 106 valence electrons. The van der Waals surface area contributed by atoms with E-state index in [1.165, 1.54) is 12.8 Å². The second-order valence-electron chi connectivity index (χ2n) is 5.17. The summed E-state index contributed by atoms with van der Waals surface area (Å²) in [6.07, 6.45) is 3.55. The number of hydrogen-bond acceptors (Lipinski definition) is 5. The Hall–Kier alpha value is -1.63. The predicted octanol–water partition coefficient (Wildman–Crippen LogP) is 1.22. The molecule has 1 aromatic rings. The Morgan fingerprint density at radius 3 is 2.89 bits per heavy atom. The molecule has 1 atom stereocenters. The van der Waals surface area contributed by atoms with Gasteiger partial charge in [-0.15, -0.1) is 0 Å². The first kappa shape index (κ1) is 13.8. The maximum absolute atomic E-state index is 11.2. The zero-order valence-corrected chi connectivity index (χ0v) is 11.7. The molecule has 0 spiro atoms. The molecular formula is C12H21N5O2. The molecule has 1 aliphatic rings. The van der Waals surface area contributed by atoms with E-state index in [4.69, 9.17) is 0 Å². The fourth-order valence-electron chi connectivity index (χ4n) is 2.77. The van der Waals surface area contributed by atoms with Crippen LogP contribution in [0.25, 0.3) is 0 Å². The lowest BCUT2D eigenvalue weighted by molar-refractivity contribution is -0.384. The molecular weight excluding hydrogens is 246 g/mol. The molecule has 2 rings (SSSR count). The minimum absolute atomic E-state index is 0.112. The molecule has 2 heterocycles. The fourth-order valence-corrected chi connectivity index (χ4v) is 2.77. The lowest BCUT2D eigenvalue weighted by Gasteiger charge is -2.28. The van der Waals surface area contributed by atoms with Crippen LogP contribution >= 0.6 is 0 Å². The molecule has 1 N–H and O–H groups in total. The third kappa shape index (κ3) is 2.86. The first-order valence-corrected chi connectivity index (χ1v) is 6.63. The summed E-state index contributed by atoms with van der Waals surface area (Å²) in [5.41, 5.74) is 0.576. The van der Waals surface area contributed by atoms with E-state index in [-0.39, 0.29) is 10.6 Å². The molecule has 1 saturated heterocycles. The van der Waals surface area contributed by atoms with Crippen molar-refractivity contribution in [3.63, 3.8) is 0 Å². The Morgan fingerprint density at radius 1 is 1.58 bits per heavy atom. The maximum Gasteiger partial charge on any atom is 0.333 e. The van der Waals surface area contributed by atoms with Crippen molar-refractivity contribution in [2.45, 2.75) is 32.2 Å². The van der Waals surface area contributed by atoms with Crippen molar-refractivity contribution in [3.8, 4) is 0 Å². The number of piperidine rings is 1. The number of nitrogens with zero attached hydrogens (tertiary/aromatic N) is 4. The number of rotatable bonds is 4. The largest absolute Gasteiger partial charge is 0.353 e. The summed E-state index contributed by atoms with van der Waals surface area (Å²) >= 11 is 0. The van der Waals surface area contributed by atoms with Crippen molar-refractivity contribution < 1.29 is 4.92 Å². The Labute approximate surface area is 112 Å². The van der Waals surface area contributed by atoms with Crippen LogP contribution in [0.2, 0.25) is 0 Å². The van der Waals surface area contributed by atoms with E-state index in [9.17, 15) is 10.1 Å². The van der Waals surface area contributed by atoms with Gasteiger partial charge in [-0.2, -0.15) is 5.10 Å². The number of hydrogen-bond donors (Lipinski definition) is 1. The van der Waals surface area contributed by atoms with Crippen LogP contribution in [0.15, 0.2) is 0 Å². The average Bonchev–Trinajstić information content (AvgIpc) is 2.65. The molecule has 0 saturated carbocycles. The van der Waals surface area contributed by atoms with E-state index in [2.05, 4.69) is 10.4 Å². The average molecular weight is 267 g/mol. The lowest BCUT2D eigenvalue weighted by Crippen LogP contribution is -2.43. The van der Waals surface area contributed by atoms with Gasteiger partial charge in [-0.25, -0.2) is 4.68 Å². The summed E-state index contributed by atoms with van der Waals surface area (Å²) in [5.74, 6) is 0.579. The van der Waals surface area contributed by atoms with Crippen LogP contribution in [0, 0.1) is 17.0 Å². The van der Waals surface area contributed by atoms with Gasteiger partial charge in [0.2, 0.25) is 5.82 Å². The van der Waals surface area contributed by atoms with Gasteiger partial charge in [-0.1, -0.05) is 6.42 Å². The van der Waals surface area contributed by atoms with Gasteiger partial charge >= 0.3 is 5.69 Å². The van der Waals surface area contributed by atoms with Crippen molar-refractivity contribution in [1.82, 2.24) is 15.1 Å². The highest BCUT2D eigenvalue weighted by molar-refractivity contribution is 5.60. The monoisotopic (exact) mass is 267 g/mol. The fraction of sp³-hybridized carbons (Fsp3) is 0.750. The van der Waals surface area contributed by atoms with Gasteiger partial charge in [0.25, 0.3) is 0 Å². The van der Waals surface area contributed by atoms with Crippen LogP contribution < -0.4 is 10.2 Å². The van der Waals surface area contributed by atoms with Crippen molar-refractivity contribution >= 4 is 11.5 Å². The van der Waals surface area contributed by atoms with Gasteiger partial charge in [0, 0.05) is 26.7 Å². The summed E-state index contributed by atoms with van der Waals surface area (Å²) in [5, 5.41) is 18.8. The molecule has 0 radical (unpaired) electrons. The molecule has 0 bridgehead atoms. The van der Waals surface area contributed by atoms with Gasteiger partial charge < -0.3 is 10.2 Å². The summed E-state index contributed by atoms with van der Waals surface area (Å²) in [7, 11) is 3.64. The molecule has 0 aliphatic carbocycles. The van der Waals surface area contributed by atoms with Crippen LogP contribution in [0.5, 0.6) is 0 Å². The van der Waals surface area contributed by atoms with Crippen LogP contribution in [0.1, 0.15) is 25.0 Å². The molecule has 7 heteroatoms. The Morgan fingerprint density at radius 2 is 2.32 bits per heavy atom. The number of likely N-dealkylation sites (N-methyl/N-ethyl adjacent to an activating group) is 1. The van der Waals surface area contributed by atoms with Crippen molar-refractivity contribution in [2.75, 3.05) is 25.0 Å². The minimum atomic E-state index is -0.345. The second-order valence-corrected chi connectivity index (χ2v) is 5.17. The van der Waals surface area contributed by atoms with Gasteiger partial charge in [0.15, 0.2) is 0 Å². The first-order valence-electron chi connectivity index (χ1n) is 6.63. The highest BCUT2D eigenvalue weighted by Gasteiger charge is 2.28. The van der Waals surface area contributed by atoms with E-state index in [0.717, 1.165) is 19.5 Å². The maximum atomic E-state index is 11.2. The van der Waals surface area contributed by atoms with E-state index >= 15 is 0 Å². The van der Waals surface area contributed by atoms with Crippen molar-refractivity contribution in [3.05, 3.63) is 15.8 Å². The van der Waals surface area contributed by atoms with E-state index in [1.807, 2.05) is 11.9 Å². The molecule has 1 aromatic heterocycles. The smallest absolute Gasteiger partial charge is 0.333 e. The SMILES string of the molecule is Cc1nn(C)c(N(C)CC2CCCCN2)c1[N+](=O)[O-]. The Kier molecular flexibility index (Phi) is 4.04. The molecule has 1 aliphatic heterocycles. The summed E-state index contributed by atoms with van der Waals surface area (Å²) in [6.45, 7) is 3.47. The highest BCUT2D eigenvalue weighted by atomic mass is 16.6. The number of anilines is 1. The lowest BCUT2D eigenvalue weighted by atomic mass is 10.0. The summed E-state index contributed by atoms with van der Waals surface area (Å²) in [6, 6.07) is 0.397. The number of aromatic nitrogens is 2. The zero-order chi connectivity index (χ0) is 14.0. The standard InChI is InChI=1S/C12H21N5O2/c1-9-11(17(18)19)12(16(3)14-9)15(2)8-10-6-4-5-7-13-10/h10,13H,4-8H2,1-3H3. The molecule has 0 amide bonds. The number of aryl methyl sites for hydroxylation is 2. The Balaban J connectivity index is 2.18. The molecule has 7 nitrogen and oxygen atoms in total. The van der Waals surface area contributed by atoms with Crippen molar-refractivity contribution in [1.29, 1.82) is 0 Å². The van der Waals surface area contributed by atoms with Crippen LogP contribution in [-0.2, 0) is 7.05 Å². The topological polar surface area (TPSA) is 76.2 Å². The number of nitro groups is 1. The molecule has 0 aromatic carbocycles. The number of nitrogens with one attached hydrogen (secondary N) is 1. The van der Waals surface area contributed by atoms with E-state index in [1.54, 1.807) is 18.7 Å². The second kappa shape index (κ2) is 5.56. The van der Waals surface area contributed by atoms with Gasteiger partial charge in [-0.3, -0.25) is 10.1 Å². The van der Waals surface area contributed by atoms with E-state index < -0.39 is 0 Å². The summed E-state index contributed by atoms with van der Waals surface area (Å²) in [4.78, 5) is 12.7. The Bertz CT molecular complexity index is 465. The molecule has 1 fully saturated rings. The normalized spacial score (nSPS) is 19.4. The van der Waals surface area contributed by atoms with Crippen LogP contribution in [0.3, 0.4) is 0 Å². The van der Waals surface area contributed by atoms with Gasteiger partial charge in [0.1, 0.15) is 5.69 Å². The highest BCUT2D eigenvalue weighted by Crippen LogP contribution is 2.30. The van der Waals surface area contributed by atoms with Crippen molar-refractivity contribution in [2.24, 2.45) is 7.05 Å². The third-order valence-electron chi connectivity index (χ3n) is 3.61. The van der Waals surface area contributed by atoms with Crippen LogP contribution in [0.4, 0.5) is 11.5 Å². The van der Waals surface area contributed by atoms with Gasteiger partial charge in [-0.05, 0) is 26.3 Å². The third-order valence-corrected chi connectivity index (χ3v) is 3.61. The molecule has 1 unspecified atom stereocenters. The van der Waals surface area contributed by atoms with E-state index in [0.29, 0.717) is 17.6 Å². The van der Waals surface area contributed by atoms with Crippen LogP contribution in [-0.4, -0.2) is 40.9 Å². The first-order chi connectivity index (χ1) is 9.00.